The minimum absolute atomic E-state index is 0.0827. The van der Waals surface area contributed by atoms with Gasteiger partial charge in [0.1, 0.15) is 12.3 Å². The number of rotatable bonds is 9. The predicted molar refractivity (Wildman–Crippen MR) is 114 cm³/mol. The maximum absolute atomic E-state index is 12.7. The quantitative estimate of drug-likeness (QED) is 0.652. The minimum Gasteiger partial charge on any atom is -0.494 e. The van der Waals surface area contributed by atoms with Gasteiger partial charge in [-0.15, -0.1) is 0 Å². The second-order valence-electron chi connectivity index (χ2n) is 6.74. The molecule has 1 amide bonds. The molecule has 0 bridgehead atoms. The summed E-state index contributed by atoms with van der Waals surface area (Å²) in [7, 11) is -3.68. The molecule has 1 heterocycles. The van der Waals surface area contributed by atoms with Gasteiger partial charge < -0.3 is 19.5 Å². The van der Waals surface area contributed by atoms with Gasteiger partial charge in [-0.2, -0.15) is 0 Å². The Kier molecular flexibility index (Phi) is 6.71. The zero-order valence-corrected chi connectivity index (χ0v) is 18.1. The van der Waals surface area contributed by atoms with Gasteiger partial charge in [0.15, 0.2) is 11.5 Å². The molecule has 2 aromatic rings. The number of nitrogens with zero attached hydrogens (tertiary/aromatic N) is 1. The number of benzene rings is 2. The third-order valence-electron chi connectivity index (χ3n) is 4.70. The van der Waals surface area contributed by atoms with Crippen LogP contribution in [0.5, 0.6) is 17.2 Å². The summed E-state index contributed by atoms with van der Waals surface area (Å²) in [4.78, 5) is 12.7. The van der Waals surface area contributed by atoms with E-state index >= 15 is 0 Å². The normalized spacial score (nSPS) is 13.6. The fourth-order valence-electron chi connectivity index (χ4n) is 3.07. The van der Waals surface area contributed by atoms with Crippen LogP contribution in [0.25, 0.3) is 0 Å². The standard InChI is InChI=1S/C21H26N2O6S/c1-4-27-18-9-6-16(7-10-18)15(3)22-21(24)13-23(30(25,26)5-2)17-8-11-19-20(12-17)29-14-28-19/h6-12,15H,4-5,13-14H2,1-3H3,(H,22,24)/t15-/m1/s1. The molecule has 8 nitrogen and oxygen atoms in total. The summed E-state index contributed by atoms with van der Waals surface area (Å²) in [6.45, 7) is 5.61. The monoisotopic (exact) mass is 434 g/mol. The molecule has 3 rings (SSSR count). The Balaban J connectivity index is 1.73. The van der Waals surface area contributed by atoms with Gasteiger partial charge in [-0.3, -0.25) is 9.10 Å². The fraction of sp³-hybridized carbons (Fsp3) is 0.381. The molecule has 162 valence electrons. The van der Waals surface area contributed by atoms with Crippen molar-refractivity contribution >= 4 is 21.6 Å². The van der Waals surface area contributed by atoms with E-state index in [1.807, 2.05) is 38.1 Å². The molecule has 0 saturated heterocycles. The highest BCUT2D eigenvalue weighted by atomic mass is 32.2. The molecule has 0 aliphatic carbocycles. The summed E-state index contributed by atoms with van der Waals surface area (Å²) in [5.41, 5.74) is 1.24. The number of ether oxygens (including phenoxy) is 3. The Morgan fingerprint density at radius 3 is 2.50 bits per heavy atom. The van der Waals surface area contributed by atoms with Crippen LogP contribution >= 0.6 is 0 Å². The van der Waals surface area contributed by atoms with E-state index in [-0.39, 0.29) is 25.1 Å². The first-order chi connectivity index (χ1) is 14.3. The van der Waals surface area contributed by atoms with Crippen LogP contribution in [0.2, 0.25) is 0 Å². The van der Waals surface area contributed by atoms with Crippen molar-refractivity contribution < 1.29 is 27.4 Å². The van der Waals surface area contributed by atoms with Gasteiger partial charge in [-0.05, 0) is 50.6 Å². The van der Waals surface area contributed by atoms with Crippen LogP contribution in [-0.2, 0) is 14.8 Å². The smallest absolute Gasteiger partial charge is 0.241 e. The molecule has 0 spiro atoms. The minimum atomic E-state index is -3.68. The van der Waals surface area contributed by atoms with Crippen molar-refractivity contribution in [3.8, 4) is 17.2 Å². The number of nitrogens with one attached hydrogen (secondary N) is 1. The van der Waals surface area contributed by atoms with E-state index in [1.165, 1.54) is 6.92 Å². The summed E-state index contributed by atoms with van der Waals surface area (Å²) < 4.78 is 42.4. The summed E-state index contributed by atoms with van der Waals surface area (Å²) in [5.74, 6) is 1.20. The summed E-state index contributed by atoms with van der Waals surface area (Å²) in [5, 5.41) is 2.85. The second kappa shape index (κ2) is 9.25. The predicted octanol–water partition coefficient (Wildman–Crippen LogP) is 2.85. The lowest BCUT2D eigenvalue weighted by Gasteiger charge is -2.24. The molecular formula is C21H26N2O6S. The van der Waals surface area contributed by atoms with Crippen molar-refractivity contribution in [3.05, 3.63) is 48.0 Å². The van der Waals surface area contributed by atoms with Crippen LogP contribution in [0.15, 0.2) is 42.5 Å². The van der Waals surface area contributed by atoms with E-state index in [2.05, 4.69) is 5.32 Å². The van der Waals surface area contributed by atoms with E-state index < -0.39 is 15.9 Å². The Bertz CT molecular complexity index is 991. The average molecular weight is 435 g/mol. The Morgan fingerprint density at radius 1 is 1.13 bits per heavy atom. The molecule has 0 aromatic heterocycles. The van der Waals surface area contributed by atoms with Gasteiger partial charge in [0.25, 0.3) is 0 Å². The fourth-order valence-corrected chi connectivity index (χ4v) is 4.13. The Morgan fingerprint density at radius 2 is 1.83 bits per heavy atom. The highest BCUT2D eigenvalue weighted by Crippen LogP contribution is 2.36. The molecular weight excluding hydrogens is 408 g/mol. The number of carbonyl (C=O) groups is 1. The molecule has 0 fully saturated rings. The number of sulfonamides is 1. The number of fused-ring (bicyclic) bond motifs is 1. The Labute approximate surface area is 176 Å². The molecule has 0 radical (unpaired) electrons. The van der Waals surface area contributed by atoms with Crippen LogP contribution in [0.4, 0.5) is 5.69 Å². The summed E-state index contributed by atoms with van der Waals surface area (Å²) in [6.07, 6.45) is 0. The molecule has 1 aliphatic rings. The molecule has 2 aromatic carbocycles. The lowest BCUT2D eigenvalue weighted by atomic mass is 10.1. The molecule has 1 atom stereocenters. The molecule has 0 saturated carbocycles. The van der Waals surface area contributed by atoms with Crippen LogP contribution in [0.3, 0.4) is 0 Å². The number of amides is 1. The van der Waals surface area contributed by atoms with Crippen molar-refractivity contribution in [1.82, 2.24) is 5.32 Å². The molecule has 30 heavy (non-hydrogen) atoms. The first-order valence-corrected chi connectivity index (χ1v) is 11.4. The van der Waals surface area contributed by atoms with E-state index in [1.54, 1.807) is 18.2 Å². The number of anilines is 1. The van der Waals surface area contributed by atoms with E-state index in [0.717, 1.165) is 15.6 Å². The third-order valence-corrected chi connectivity index (χ3v) is 6.44. The summed E-state index contributed by atoms with van der Waals surface area (Å²) >= 11 is 0. The zero-order valence-electron chi connectivity index (χ0n) is 17.3. The van der Waals surface area contributed by atoms with Gasteiger partial charge >= 0.3 is 0 Å². The number of carbonyl (C=O) groups excluding carboxylic acids is 1. The van der Waals surface area contributed by atoms with Crippen molar-refractivity contribution in [1.29, 1.82) is 0 Å². The first kappa shape index (κ1) is 21.8. The first-order valence-electron chi connectivity index (χ1n) is 9.76. The van der Waals surface area contributed by atoms with Gasteiger partial charge in [0.05, 0.1) is 24.1 Å². The Hall–Kier alpha value is -2.94. The molecule has 1 N–H and O–H groups in total. The van der Waals surface area contributed by atoms with Gasteiger partial charge in [0, 0.05) is 6.07 Å². The van der Waals surface area contributed by atoms with Crippen LogP contribution in [0, 0.1) is 0 Å². The lowest BCUT2D eigenvalue weighted by Crippen LogP contribution is -2.42. The van der Waals surface area contributed by atoms with Crippen molar-refractivity contribution in [3.63, 3.8) is 0 Å². The van der Waals surface area contributed by atoms with Crippen LogP contribution < -0.4 is 23.8 Å². The van der Waals surface area contributed by atoms with Gasteiger partial charge in [0.2, 0.25) is 22.7 Å². The van der Waals surface area contributed by atoms with Crippen LogP contribution in [0.1, 0.15) is 32.4 Å². The lowest BCUT2D eigenvalue weighted by molar-refractivity contribution is -0.120. The van der Waals surface area contributed by atoms with E-state index in [0.29, 0.717) is 23.8 Å². The summed E-state index contributed by atoms with van der Waals surface area (Å²) in [6, 6.07) is 11.9. The molecule has 1 aliphatic heterocycles. The van der Waals surface area contributed by atoms with Crippen molar-refractivity contribution in [2.45, 2.75) is 26.8 Å². The molecule has 0 unspecified atom stereocenters. The maximum Gasteiger partial charge on any atom is 0.241 e. The second-order valence-corrected chi connectivity index (χ2v) is 8.92. The highest BCUT2D eigenvalue weighted by Gasteiger charge is 2.26. The zero-order chi connectivity index (χ0) is 21.7. The number of hydrogen-bond acceptors (Lipinski definition) is 6. The van der Waals surface area contributed by atoms with Crippen LogP contribution in [-0.4, -0.2) is 40.0 Å². The van der Waals surface area contributed by atoms with Gasteiger partial charge in [-0.25, -0.2) is 8.42 Å². The number of hydrogen-bond donors (Lipinski definition) is 1. The average Bonchev–Trinajstić information content (AvgIpc) is 3.20. The molecule has 9 heteroatoms. The SMILES string of the molecule is CCOc1ccc([C@@H](C)NC(=O)CN(c2ccc3c(c2)OCO3)S(=O)(=O)CC)cc1. The topological polar surface area (TPSA) is 94.2 Å². The van der Waals surface area contributed by atoms with Crippen molar-refractivity contribution in [2.24, 2.45) is 0 Å². The van der Waals surface area contributed by atoms with Gasteiger partial charge in [-0.1, -0.05) is 12.1 Å². The van der Waals surface area contributed by atoms with Crippen molar-refractivity contribution in [2.75, 3.05) is 30.0 Å². The van der Waals surface area contributed by atoms with E-state index in [9.17, 15) is 13.2 Å². The third kappa shape index (κ3) is 4.96. The largest absolute Gasteiger partial charge is 0.494 e. The maximum atomic E-state index is 12.7. The highest BCUT2D eigenvalue weighted by molar-refractivity contribution is 7.92. The van der Waals surface area contributed by atoms with E-state index in [4.69, 9.17) is 14.2 Å².